The Balaban J connectivity index is 2.18. The van der Waals surface area contributed by atoms with Crippen molar-refractivity contribution in [3.8, 4) is 0 Å². The Kier molecular flexibility index (Phi) is 4.21. The Morgan fingerprint density at radius 3 is 2.59 bits per heavy atom. The summed E-state index contributed by atoms with van der Waals surface area (Å²) in [5.74, 6) is 0.281. The molecule has 0 fully saturated rings. The number of nitro benzene ring substituents is 1. The molecule has 0 bridgehead atoms. The maximum atomic E-state index is 12.1. The van der Waals surface area contributed by atoms with Gasteiger partial charge in [0.2, 0.25) is 0 Å². The second-order valence-electron chi connectivity index (χ2n) is 4.78. The minimum Gasteiger partial charge on any atom is -0.393 e. The second kappa shape index (κ2) is 6.08. The molecule has 1 aromatic carbocycles. The van der Waals surface area contributed by atoms with Crippen LogP contribution in [0.1, 0.15) is 10.4 Å². The summed E-state index contributed by atoms with van der Waals surface area (Å²) in [5.41, 5.74) is 5.86. The zero-order chi connectivity index (χ0) is 16.3. The molecule has 1 heterocycles. The topological polar surface area (TPSA) is 114 Å². The molecule has 114 valence electrons. The zero-order valence-corrected chi connectivity index (χ0v) is 12.1. The minimum absolute atomic E-state index is 0.0125. The smallest absolute Gasteiger partial charge is 0.292 e. The number of nitrogen functional groups attached to an aromatic ring is 1. The summed E-state index contributed by atoms with van der Waals surface area (Å²) in [6.45, 7) is 0. The molecule has 1 aromatic heterocycles. The molecule has 0 saturated heterocycles. The third-order valence-electron chi connectivity index (χ3n) is 2.95. The number of carbonyl (C=O) groups excluding carboxylic acids is 1. The van der Waals surface area contributed by atoms with E-state index in [-0.39, 0.29) is 16.9 Å². The standard InChI is InChI=1S/C14H15N5O3/c1-18(2)13-6-4-10(8-16-13)17-14(20)9-3-5-11(15)12(7-9)19(21)22/h3-8H,15H2,1-2H3,(H,17,20). The second-order valence-corrected chi connectivity index (χ2v) is 4.78. The molecule has 0 spiro atoms. The lowest BCUT2D eigenvalue weighted by Gasteiger charge is -2.11. The van der Waals surface area contributed by atoms with Crippen LogP contribution in [0.5, 0.6) is 0 Å². The highest BCUT2D eigenvalue weighted by Crippen LogP contribution is 2.23. The SMILES string of the molecule is CN(C)c1ccc(NC(=O)c2ccc(N)c([N+](=O)[O-])c2)cn1. The van der Waals surface area contributed by atoms with Crippen molar-refractivity contribution in [2.75, 3.05) is 30.0 Å². The number of pyridine rings is 1. The first kappa shape index (κ1) is 15.2. The van der Waals surface area contributed by atoms with E-state index >= 15 is 0 Å². The summed E-state index contributed by atoms with van der Waals surface area (Å²) in [5, 5.41) is 13.5. The number of nitrogens with zero attached hydrogens (tertiary/aromatic N) is 3. The van der Waals surface area contributed by atoms with E-state index in [0.29, 0.717) is 5.69 Å². The van der Waals surface area contributed by atoms with Crippen molar-refractivity contribution in [1.82, 2.24) is 4.98 Å². The largest absolute Gasteiger partial charge is 0.393 e. The van der Waals surface area contributed by atoms with Crippen LogP contribution in [0.4, 0.5) is 22.9 Å². The molecule has 0 aliphatic heterocycles. The van der Waals surface area contributed by atoms with E-state index in [1.54, 1.807) is 12.1 Å². The summed E-state index contributed by atoms with van der Waals surface area (Å²) in [7, 11) is 3.71. The lowest BCUT2D eigenvalue weighted by Crippen LogP contribution is -2.14. The van der Waals surface area contributed by atoms with Crippen molar-refractivity contribution in [3.05, 3.63) is 52.2 Å². The fourth-order valence-electron chi connectivity index (χ4n) is 1.77. The first-order valence-corrected chi connectivity index (χ1v) is 6.37. The van der Waals surface area contributed by atoms with Crippen molar-refractivity contribution in [3.63, 3.8) is 0 Å². The van der Waals surface area contributed by atoms with E-state index in [1.165, 1.54) is 18.3 Å². The van der Waals surface area contributed by atoms with Gasteiger partial charge in [0.05, 0.1) is 16.8 Å². The van der Waals surface area contributed by atoms with Gasteiger partial charge in [0.25, 0.3) is 11.6 Å². The molecule has 0 saturated carbocycles. The number of aromatic nitrogens is 1. The van der Waals surface area contributed by atoms with Gasteiger partial charge in [-0.25, -0.2) is 4.98 Å². The number of benzene rings is 1. The van der Waals surface area contributed by atoms with Crippen LogP contribution in [-0.2, 0) is 0 Å². The van der Waals surface area contributed by atoms with E-state index in [4.69, 9.17) is 5.73 Å². The van der Waals surface area contributed by atoms with Crippen LogP contribution >= 0.6 is 0 Å². The Hall–Kier alpha value is -3.16. The molecular formula is C14H15N5O3. The van der Waals surface area contributed by atoms with Crippen LogP contribution in [-0.4, -0.2) is 29.9 Å². The van der Waals surface area contributed by atoms with Gasteiger partial charge in [-0.3, -0.25) is 14.9 Å². The summed E-state index contributed by atoms with van der Waals surface area (Å²) < 4.78 is 0. The molecule has 0 unspecified atom stereocenters. The molecule has 3 N–H and O–H groups in total. The van der Waals surface area contributed by atoms with E-state index in [9.17, 15) is 14.9 Å². The van der Waals surface area contributed by atoms with Crippen molar-refractivity contribution in [1.29, 1.82) is 0 Å². The molecule has 8 heteroatoms. The maximum Gasteiger partial charge on any atom is 0.292 e. The summed E-state index contributed by atoms with van der Waals surface area (Å²) >= 11 is 0. The van der Waals surface area contributed by atoms with Gasteiger partial charge in [-0.1, -0.05) is 0 Å². The molecular weight excluding hydrogens is 286 g/mol. The van der Waals surface area contributed by atoms with Crippen LogP contribution in [0, 0.1) is 10.1 Å². The number of hydrogen-bond donors (Lipinski definition) is 2. The first-order valence-electron chi connectivity index (χ1n) is 6.37. The normalized spacial score (nSPS) is 10.1. The van der Waals surface area contributed by atoms with Crippen LogP contribution in [0.2, 0.25) is 0 Å². The number of nitro groups is 1. The number of hydrogen-bond acceptors (Lipinski definition) is 6. The van der Waals surface area contributed by atoms with Crippen LogP contribution in [0.3, 0.4) is 0 Å². The van der Waals surface area contributed by atoms with Crippen molar-refractivity contribution in [2.45, 2.75) is 0 Å². The summed E-state index contributed by atoms with van der Waals surface area (Å²) in [6.07, 6.45) is 1.51. The minimum atomic E-state index is -0.625. The monoisotopic (exact) mass is 301 g/mol. The molecule has 0 aliphatic carbocycles. The van der Waals surface area contributed by atoms with Gasteiger partial charge in [0.1, 0.15) is 11.5 Å². The Labute approximate surface area is 126 Å². The highest BCUT2D eigenvalue weighted by molar-refractivity contribution is 6.05. The third kappa shape index (κ3) is 3.29. The van der Waals surface area contributed by atoms with E-state index in [2.05, 4.69) is 10.3 Å². The molecule has 0 aliphatic rings. The zero-order valence-electron chi connectivity index (χ0n) is 12.1. The van der Waals surface area contributed by atoms with E-state index in [0.717, 1.165) is 11.9 Å². The van der Waals surface area contributed by atoms with Gasteiger partial charge in [-0.05, 0) is 24.3 Å². The van der Waals surface area contributed by atoms with Gasteiger partial charge in [0.15, 0.2) is 0 Å². The van der Waals surface area contributed by atoms with Gasteiger partial charge < -0.3 is 16.0 Å². The Morgan fingerprint density at radius 2 is 2.05 bits per heavy atom. The molecule has 22 heavy (non-hydrogen) atoms. The highest BCUT2D eigenvalue weighted by Gasteiger charge is 2.15. The van der Waals surface area contributed by atoms with Gasteiger partial charge >= 0.3 is 0 Å². The first-order chi connectivity index (χ1) is 10.4. The summed E-state index contributed by atoms with van der Waals surface area (Å²) in [6, 6.07) is 7.36. The third-order valence-corrected chi connectivity index (χ3v) is 2.95. The van der Waals surface area contributed by atoms with E-state index < -0.39 is 10.8 Å². The number of amides is 1. The van der Waals surface area contributed by atoms with Crippen molar-refractivity contribution in [2.24, 2.45) is 0 Å². The molecule has 0 atom stereocenters. The molecule has 0 radical (unpaired) electrons. The van der Waals surface area contributed by atoms with Crippen molar-refractivity contribution >= 4 is 28.8 Å². The molecule has 2 aromatic rings. The van der Waals surface area contributed by atoms with Gasteiger partial charge in [-0.15, -0.1) is 0 Å². The van der Waals surface area contributed by atoms with Gasteiger partial charge in [-0.2, -0.15) is 0 Å². The number of nitrogens with two attached hydrogens (primary N) is 1. The number of nitrogens with one attached hydrogen (secondary N) is 1. The molecule has 1 amide bonds. The Morgan fingerprint density at radius 1 is 1.32 bits per heavy atom. The lowest BCUT2D eigenvalue weighted by atomic mass is 10.1. The molecule has 8 nitrogen and oxygen atoms in total. The highest BCUT2D eigenvalue weighted by atomic mass is 16.6. The predicted molar refractivity (Wildman–Crippen MR) is 84.0 cm³/mol. The number of anilines is 3. The van der Waals surface area contributed by atoms with Crippen LogP contribution < -0.4 is 16.0 Å². The summed E-state index contributed by atoms with van der Waals surface area (Å²) in [4.78, 5) is 28.3. The van der Waals surface area contributed by atoms with Gasteiger partial charge in [0, 0.05) is 25.7 Å². The molecule has 2 rings (SSSR count). The predicted octanol–water partition coefficient (Wildman–Crippen LogP) is 1.89. The van der Waals surface area contributed by atoms with E-state index in [1.807, 2.05) is 19.0 Å². The number of carbonyl (C=O) groups is 1. The quantitative estimate of drug-likeness (QED) is 0.506. The van der Waals surface area contributed by atoms with Crippen LogP contribution in [0.15, 0.2) is 36.5 Å². The van der Waals surface area contributed by atoms with Crippen LogP contribution in [0.25, 0.3) is 0 Å². The lowest BCUT2D eigenvalue weighted by molar-refractivity contribution is -0.383. The Bertz CT molecular complexity index is 713. The van der Waals surface area contributed by atoms with Crippen molar-refractivity contribution < 1.29 is 9.72 Å². The maximum absolute atomic E-state index is 12.1. The average Bonchev–Trinajstić information content (AvgIpc) is 2.47. The average molecular weight is 301 g/mol. The number of rotatable bonds is 4. The fourth-order valence-corrected chi connectivity index (χ4v) is 1.77. The fraction of sp³-hybridized carbons (Fsp3) is 0.143.